The average molecular weight is 600 g/mol. The number of likely N-dealkylation sites (tertiary alicyclic amines) is 2. The summed E-state index contributed by atoms with van der Waals surface area (Å²) < 4.78 is 5.36. The number of alkyl halides is 3. The molecule has 1 saturated carbocycles. The fraction of sp³-hybridized carbons (Fsp3) is 0.520. The van der Waals surface area contributed by atoms with Crippen LogP contribution in [0.2, 0.25) is 0 Å². The second kappa shape index (κ2) is 8.74. The first-order chi connectivity index (χ1) is 17.1. The standard InChI is InChI=1S/C25H25BrCl2N2O6/c1-3-8-29-20(32)14-6-5-13-16(18(14)21(29)33)10-24(27)22(34)30(11-26)23(35)25(24,28)19(13)15-9-12(36-2)4-7-17(15)31/h4-5,7,9,14,16,18-19,31H,3,6,8,10-11H2,1-2H3/t14-,16+,18-,19+,24+,25-/m0/s1. The van der Waals surface area contributed by atoms with Crippen LogP contribution < -0.4 is 4.74 Å². The number of fused-ring (bicyclic) bond motifs is 4. The number of hydrogen-bond acceptors (Lipinski definition) is 6. The fourth-order valence-electron chi connectivity index (χ4n) is 6.50. The van der Waals surface area contributed by atoms with Gasteiger partial charge in [0.25, 0.3) is 11.8 Å². The molecular formula is C25H25BrCl2N2O6. The molecule has 1 N–H and O–H groups in total. The van der Waals surface area contributed by atoms with Crippen molar-refractivity contribution < 1.29 is 29.0 Å². The Morgan fingerprint density at radius 3 is 2.47 bits per heavy atom. The number of carbonyl (C=O) groups excluding carboxylic acids is 4. The van der Waals surface area contributed by atoms with E-state index >= 15 is 0 Å². The van der Waals surface area contributed by atoms with Crippen molar-refractivity contribution in [3.05, 3.63) is 35.4 Å². The van der Waals surface area contributed by atoms with Gasteiger partial charge in [0.2, 0.25) is 11.8 Å². The number of halogens is 3. The Morgan fingerprint density at radius 1 is 1.11 bits per heavy atom. The predicted octanol–water partition coefficient (Wildman–Crippen LogP) is 3.52. The molecular weight excluding hydrogens is 575 g/mol. The van der Waals surface area contributed by atoms with Crippen LogP contribution in [0, 0.1) is 17.8 Å². The van der Waals surface area contributed by atoms with Gasteiger partial charge in [-0.1, -0.05) is 34.5 Å². The summed E-state index contributed by atoms with van der Waals surface area (Å²) in [4.78, 5) is 52.3. The molecule has 192 valence electrons. The molecule has 4 amide bonds. The smallest absolute Gasteiger partial charge is 0.254 e. The summed E-state index contributed by atoms with van der Waals surface area (Å²) in [7, 11) is 1.47. The molecule has 2 heterocycles. The second-order valence-electron chi connectivity index (χ2n) is 9.74. The maximum Gasteiger partial charge on any atom is 0.254 e. The van der Waals surface area contributed by atoms with Crippen LogP contribution in [0.5, 0.6) is 11.5 Å². The number of phenols is 1. The van der Waals surface area contributed by atoms with E-state index in [1.807, 2.05) is 13.0 Å². The predicted molar refractivity (Wildman–Crippen MR) is 135 cm³/mol. The lowest BCUT2D eigenvalue weighted by atomic mass is 9.56. The number of methoxy groups -OCH3 is 1. The lowest BCUT2D eigenvalue weighted by molar-refractivity contribution is -0.141. The van der Waals surface area contributed by atoms with Crippen molar-refractivity contribution in [3.63, 3.8) is 0 Å². The summed E-state index contributed by atoms with van der Waals surface area (Å²) in [5, 5.41) is 10.9. The molecule has 4 aliphatic rings. The number of hydrogen-bond donors (Lipinski definition) is 1. The Balaban J connectivity index is 1.74. The highest BCUT2D eigenvalue weighted by Crippen LogP contribution is 2.66. The van der Waals surface area contributed by atoms with E-state index in [0.717, 1.165) is 4.90 Å². The van der Waals surface area contributed by atoms with Crippen molar-refractivity contribution in [1.82, 2.24) is 9.80 Å². The minimum absolute atomic E-state index is 0.0840. The van der Waals surface area contributed by atoms with Crippen LogP contribution in [-0.2, 0) is 19.2 Å². The number of benzene rings is 1. The van der Waals surface area contributed by atoms with Crippen molar-refractivity contribution in [2.45, 2.75) is 41.9 Å². The molecule has 8 nitrogen and oxygen atoms in total. The highest BCUT2D eigenvalue weighted by molar-refractivity contribution is 9.09. The molecule has 0 aromatic heterocycles. The minimum Gasteiger partial charge on any atom is -0.508 e. The largest absolute Gasteiger partial charge is 0.508 e. The summed E-state index contributed by atoms with van der Waals surface area (Å²) in [6.07, 6.45) is 2.67. The number of nitrogens with zero attached hydrogens (tertiary/aromatic N) is 2. The van der Waals surface area contributed by atoms with Gasteiger partial charge in [-0.15, -0.1) is 23.2 Å². The number of imide groups is 2. The molecule has 0 unspecified atom stereocenters. The molecule has 2 saturated heterocycles. The third kappa shape index (κ3) is 3.11. The van der Waals surface area contributed by atoms with Gasteiger partial charge in [-0.2, -0.15) is 0 Å². The van der Waals surface area contributed by atoms with E-state index in [-0.39, 0.29) is 41.4 Å². The van der Waals surface area contributed by atoms with Crippen LogP contribution in [0.3, 0.4) is 0 Å². The van der Waals surface area contributed by atoms with Gasteiger partial charge in [-0.05, 0) is 43.4 Å². The van der Waals surface area contributed by atoms with E-state index < -0.39 is 45.2 Å². The Morgan fingerprint density at radius 2 is 1.83 bits per heavy atom. The van der Waals surface area contributed by atoms with Gasteiger partial charge in [0.05, 0.1) is 24.4 Å². The number of allylic oxidation sites excluding steroid dienone is 2. The number of carbonyl (C=O) groups is 4. The molecule has 0 spiro atoms. The Labute approximate surface area is 226 Å². The van der Waals surface area contributed by atoms with E-state index in [1.54, 1.807) is 12.1 Å². The Bertz CT molecular complexity index is 1220. The monoisotopic (exact) mass is 598 g/mol. The van der Waals surface area contributed by atoms with Crippen LogP contribution in [0.25, 0.3) is 0 Å². The molecule has 2 aliphatic carbocycles. The summed E-state index contributed by atoms with van der Waals surface area (Å²) in [6, 6.07) is 4.56. The normalized spacial score (nSPS) is 35.5. The van der Waals surface area contributed by atoms with E-state index in [1.165, 1.54) is 18.1 Å². The van der Waals surface area contributed by atoms with Gasteiger partial charge in [-0.3, -0.25) is 29.0 Å². The SMILES string of the molecule is CCCN1C(=O)[C@H]2[C@H](CC=C3[C@H]2C[C@@]2(Cl)C(=O)N(CBr)C(=O)[C@@]2(Cl)[C@H]3c2cc(OC)ccc2O)C1=O. The number of phenolic OH excluding ortho intramolecular Hbond substituents is 1. The topological polar surface area (TPSA) is 104 Å². The summed E-state index contributed by atoms with van der Waals surface area (Å²) in [5.41, 5.74) is 0.786. The van der Waals surface area contributed by atoms with Crippen molar-refractivity contribution in [2.75, 3.05) is 19.1 Å². The third-order valence-electron chi connectivity index (χ3n) is 8.10. The zero-order valence-corrected chi connectivity index (χ0v) is 22.8. The molecule has 11 heteroatoms. The van der Waals surface area contributed by atoms with Crippen LogP contribution in [0.15, 0.2) is 29.8 Å². The number of ether oxygens (including phenoxy) is 1. The molecule has 36 heavy (non-hydrogen) atoms. The van der Waals surface area contributed by atoms with E-state index in [0.29, 0.717) is 24.3 Å². The maximum absolute atomic E-state index is 13.7. The lowest BCUT2D eigenvalue weighted by Gasteiger charge is -2.50. The summed E-state index contributed by atoms with van der Waals surface area (Å²) >= 11 is 17.5. The van der Waals surface area contributed by atoms with E-state index in [4.69, 9.17) is 27.9 Å². The first-order valence-corrected chi connectivity index (χ1v) is 13.7. The van der Waals surface area contributed by atoms with Crippen LogP contribution >= 0.6 is 39.1 Å². The fourth-order valence-corrected chi connectivity index (χ4v) is 7.92. The lowest BCUT2D eigenvalue weighted by Crippen LogP contribution is -2.60. The van der Waals surface area contributed by atoms with Gasteiger partial charge in [0.15, 0.2) is 9.75 Å². The van der Waals surface area contributed by atoms with Gasteiger partial charge in [0.1, 0.15) is 11.5 Å². The highest BCUT2D eigenvalue weighted by atomic mass is 79.9. The van der Waals surface area contributed by atoms with Crippen molar-refractivity contribution in [2.24, 2.45) is 17.8 Å². The van der Waals surface area contributed by atoms with Crippen molar-refractivity contribution in [3.8, 4) is 11.5 Å². The summed E-state index contributed by atoms with van der Waals surface area (Å²) in [5.74, 6) is -4.57. The van der Waals surface area contributed by atoms with E-state index in [2.05, 4.69) is 15.9 Å². The number of rotatable bonds is 5. The second-order valence-corrected chi connectivity index (χ2v) is 11.5. The van der Waals surface area contributed by atoms with Crippen molar-refractivity contribution >= 4 is 62.8 Å². The average Bonchev–Trinajstić information content (AvgIpc) is 3.18. The molecule has 6 atom stereocenters. The first-order valence-electron chi connectivity index (χ1n) is 11.8. The summed E-state index contributed by atoms with van der Waals surface area (Å²) in [6.45, 7) is 2.20. The Hall–Kier alpha value is -2.10. The van der Waals surface area contributed by atoms with Gasteiger partial charge in [-0.25, -0.2) is 0 Å². The van der Waals surface area contributed by atoms with Gasteiger partial charge in [0, 0.05) is 18.0 Å². The van der Waals surface area contributed by atoms with Crippen LogP contribution in [0.4, 0.5) is 0 Å². The maximum atomic E-state index is 13.7. The minimum atomic E-state index is -1.97. The van der Waals surface area contributed by atoms with E-state index in [9.17, 15) is 24.3 Å². The first kappa shape index (κ1) is 25.5. The number of aromatic hydroxyl groups is 1. The molecule has 1 aromatic carbocycles. The number of amides is 4. The van der Waals surface area contributed by atoms with Crippen LogP contribution in [0.1, 0.15) is 37.7 Å². The quantitative estimate of drug-likeness (QED) is 0.240. The molecule has 2 aliphatic heterocycles. The molecule has 1 aromatic rings. The highest BCUT2D eigenvalue weighted by Gasteiger charge is 2.76. The van der Waals surface area contributed by atoms with Crippen molar-refractivity contribution in [1.29, 1.82) is 0 Å². The molecule has 5 rings (SSSR count). The van der Waals surface area contributed by atoms with Crippen LogP contribution in [-0.4, -0.2) is 67.4 Å². The van der Waals surface area contributed by atoms with Gasteiger partial charge >= 0.3 is 0 Å². The molecule has 3 fully saturated rings. The third-order valence-corrected chi connectivity index (χ3v) is 10.0. The zero-order valence-electron chi connectivity index (χ0n) is 19.7. The Kier molecular flexibility index (Phi) is 6.20. The zero-order chi connectivity index (χ0) is 26.2. The van der Waals surface area contributed by atoms with Gasteiger partial charge < -0.3 is 9.84 Å². The molecule has 0 bridgehead atoms. The molecule has 0 radical (unpaired) electrons.